The third-order valence-corrected chi connectivity index (χ3v) is 6.15. The lowest BCUT2D eigenvalue weighted by Gasteiger charge is -2.34. The zero-order valence-electron chi connectivity index (χ0n) is 21.8. The van der Waals surface area contributed by atoms with E-state index in [0.717, 1.165) is 38.0 Å². The molecule has 0 N–H and O–H groups in total. The summed E-state index contributed by atoms with van der Waals surface area (Å²) in [6, 6.07) is 8.34. The number of carbonyl (C=O) groups is 2. The smallest absolute Gasteiger partial charge is 0.410 e. The quantitative estimate of drug-likeness (QED) is 0.549. The van der Waals surface area contributed by atoms with Crippen molar-refractivity contribution in [2.45, 2.75) is 84.3 Å². The lowest BCUT2D eigenvalue weighted by molar-refractivity contribution is 0.0138. The standard InChI is InChI=1S/C27H42N2O5/c1-26(2,3)33-24(30)28-16-13-22(14-17-28)21-9-11-23(12-10-21)32-19-20-8-7-15-29(18-20)25(31)34-27(4,5)6/h9-12,20,22H,7-8,13-19H2,1-6H3. The van der Waals surface area contributed by atoms with Crippen LogP contribution in [0.5, 0.6) is 5.75 Å². The second-order valence-electron chi connectivity index (χ2n) is 11.6. The number of likely N-dealkylation sites (tertiary alicyclic amines) is 2. The van der Waals surface area contributed by atoms with Gasteiger partial charge in [-0.1, -0.05) is 12.1 Å². The van der Waals surface area contributed by atoms with Crippen LogP contribution in [-0.4, -0.2) is 66.0 Å². The van der Waals surface area contributed by atoms with E-state index in [1.165, 1.54) is 5.56 Å². The van der Waals surface area contributed by atoms with Gasteiger partial charge < -0.3 is 24.0 Å². The summed E-state index contributed by atoms with van der Waals surface area (Å²) in [4.78, 5) is 28.3. The first-order chi connectivity index (χ1) is 15.9. The molecule has 3 rings (SSSR count). The molecule has 0 spiro atoms. The van der Waals surface area contributed by atoms with E-state index in [4.69, 9.17) is 14.2 Å². The molecule has 2 aliphatic rings. The highest BCUT2D eigenvalue weighted by Gasteiger charge is 2.29. The van der Waals surface area contributed by atoms with Gasteiger partial charge in [0.15, 0.2) is 0 Å². The molecule has 7 heteroatoms. The number of rotatable bonds is 4. The van der Waals surface area contributed by atoms with Gasteiger partial charge in [0, 0.05) is 32.1 Å². The summed E-state index contributed by atoms with van der Waals surface area (Å²) in [7, 11) is 0. The molecule has 34 heavy (non-hydrogen) atoms. The topological polar surface area (TPSA) is 68.3 Å². The lowest BCUT2D eigenvalue weighted by atomic mass is 9.89. The van der Waals surface area contributed by atoms with Gasteiger partial charge in [-0.05, 0) is 90.8 Å². The number of piperidine rings is 2. The molecule has 1 atom stereocenters. The highest BCUT2D eigenvalue weighted by Crippen LogP contribution is 2.30. The molecule has 2 aliphatic heterocycles. The average Bonchev–Trinajstić information content (AvgIpc) is 2.76. The van der Waals surface area contributed by atoms with Crippen LogP contribution in [0.4, 0.5) is 9.59 Å². The molecule has 0 aliphatic carbocycles. The minimum atomic E-state index is -0.478. The minimum Gasteiger partial charge on any atom is -0.493 e. The highest BCUT2D eigenvalue weighted by atomic mass is 16.6. The molecule has 1 aromatic rings. The lowest BCUT2D eigenvalue weighted by Crippen LogP contribution is -2.44. The van der Waals surface area contributed by atoms with Gasteiger partial charge in [0.25, 0.3) is 0 Å². The molecular weight excluding hydrogens is 432 g/mol. The number of amides is 2. The Morgan fingerprint density at radius 3 is 1.94 bits per heavy atom. The van der Waals surface area contributed by atoms with E-state index < -0.39 is 11.2 Å². The Labute approximate surface area is 204 Å². The van der Waals surface area contributed by atoms with E-state index in [0.29, 0.717) is 38.1 Å². The summed E-state index contributed by atoms with van der Waals surface area (Å²) < 4.78 is 17.1. The third-order valence-electron chi connectivity index (χ3n) is 6.15. The van der Waals surface area contributed by atoms with E-state index in [2.05, 4.69) is 12.1 Å². The Balaban J connectivity index is 1.44. The van der Waals surface area contributed by atoms with Gasteiger partial charge >= 0.3 is 12.2 Å². The Hall–Kier alpha value is -2.44. The van der Waals surface area contributed by atoms with E-state index in [1.807, 2.05) is 58.6 Å². The zero-order valence-corrected chi connectivity index (χ0v) is 21.8. The molecule has 190 valence electrons. The number of carbonyl (C=O) groups excluding carboxylic acids is 2. The number of hydrogen-bond donors (Lipinski definition) is 0. The molecule has 2 fully saturated rings. The number of ether oxygens (including phenoxy) is 3. The first kappa shape index (κ1) is 26.2. The van der Waals surface area contributed by atoms with Crippen molar-refractivity contribution < 1.29 is 23.8 Å². The maximum Gasteiger partial charge on any atom is 0.410 e. The van der Waals surface area contributed by atoms with Crippen LogP contribution in [0.25, 0.3) is 0 Å². The normalized spacial score (nSPS) is 20.1. The summed E-state index contributed by atoms with van der Waals surface area (Å²) in [6.45, 7) is 14.8. The molecule has 2 heterocycles. The van der Waals surface area contributed by atoms with Gasteiger partial charge in [0.05, 0.1) is 6.61 Å². The van der Waals surface area contributed by atoms with Gasteiger partial charge in [0.1, 0.15) is 17.0 Å². The number of benzene rings is 1. The van der Waals surface area contributed by atoms with Crippen LogP contribution in [0.3, 0.4) is 0 Å². The first-order valence-corrected chi connectivity index (χ1v) is 12.6. The van der Waals surface area contributed by atoms with Crippen molar-refractivity contribution in [3.05, 3.63) is 29.8 Å². The molecule has 0 saturated carbocycles. The Bertz CT molecular complexity index is 817. The van der Waals surface area contributed by atoms with Crippen molar-refractivity contribution in [1.29, 1.82) is 0 Å². The van der Waals surface area contributed by atoms with Gasteiger partial charge in [0.2, 0.25) is 0 Å². The predicted molar refractivity (Wildman–Crippen MR) is 132 cm³/mol. The van der Waals surface area contributed by atoms with Crippen LogP contribution < -0.4 is 4.74 Å². The van der Waals surface area contributed by atoms with Crippen molar-refractivity contribution in [3.63, 3.8) is 0 Å². The summed E-state index contributed by atoms with van der Waals surface area (Å²) in [5.41, 5.74) is 0.342. The van der Waals surface area contributed by atoms with Crippen LogP contribution in [0.15, 0.2) is 24.3 Å². The van der Waals surface area contributed by atoms with Crippen molar-refractivity contribution in [2.75, 3.05) is 32.8 Å². The summed E-state index contributed by atoms with van der Waals surface area (Å²) in [5.74, 6) is 1.59. The van der Waals surface area contributed by atoms with Crippen LogP contribution in [-0.2, 0) is 9.47 Å². The molecule has 1 aromatic carbocycles. The van der Waals surface area contributed by atoms with Crippen molar-refractivity contribution in [1.82, 2.24) is 9.80 Å². The average molecular weight is 475 g/mol. The third kappa shape index (κ3) is 8.10. The molecule has 2 amide bonds. The molecule has 7 nitrogen and oxygen atoms in total. The fourth-order valence-electron chi connectivity index (χ4n) is 4.47. The number of hydrogen-bond acceptors (Lipinski definition) is 5. The fraction of sp³-hybridized carbons (Fsp3) is 0.704. The monoisotopic (exact) mass is 474 g/mol. The fourth-order valence-corrected chi connectivity index (χ4v) is 4.47. The van der Waals surface area contributed by atoms with Crippen LogP contribution in [0.1, 0.15) is 78.7 Å². The highest BCUT2D eigenvalue weighted by molar-refractivity contribution is 5.68. The Kier molecular flexibility index (Phi) is 8.37. The maximum absolute atomic E-state index is 12.4. The second kappa shape index (κ2) is 10.9. The number of nitrogens with zero attached hydrogens (tertiary/aromatic N) is 2. The van der Waals surface area contributed by atoms with E-state index in [1.54, 1.807) is 4.90 Å². The Morgan fingerprint density at radius 1 is 0.824 bits per heavy atom. The molecule has 0 radical (unpaired) electrons. The molecule has 1 unspecified atom stereocenters. The minimum absolute atomic E-state index is 0.220. The van der Waals surface area contributed by atoms with Crippen molar-refractivity contribution in [3.8, 4) is 5.75 Å². The van der Waals surface area contributed by atoms with E-state index in [-0.39, 0.29) is 12.2 Å². The van der Waals surface area contributed by atoms with Gasteiger partial charge in [-0.3, -0.25) is 0 Å². The molecule has 0 bridgehead atoms. The largest absolute Gasteiger partial charge is 0.493 e. The van der Waals surface area contributed by atoms with Crippen LogP contribution >= 0.6 is 0 Å². The van der Waals surface area contributed by atoms with Crippen LogP contribution in [0, 0.1) is 5.92 Å². The zero-order chi connectivity index (χ0) is 24.9. The predicted octanol–water partition coefficient (Wildman–Crippen LogP) is 5.83. The molecule has 0 aromatic heterocycles. The summed E-state index contributed by atoms with van der Waals surface area (Å²) in [5, 5.41) is 0. The maximum atomic E-state index is 12.4. The van der Waals surface area contributed by atoms with Crippen molar-refractivity contribution in [2.24, 2.45) is 5.92 Å². The van der Waals surface area contributed by atoms with Gasteiger partial charge in [-0.25, -0.2) is 9.59 Å². The summed E-state index contributed by atoms with van der Waals surface area (Å²) >= 11 is 0. The molecule has 2 saturated heterocycles. The Morgan fingerprint density at radius 2 is 1.38 bits per heavy atom. The van der Waals surface area contributed by atoms with E-state index in [9.17, 15) is 9.59 Å². The molecular formula is C27H42N2O5. The van der Waals surface area contributed by atoms with Crippen LogP contribution in [0.2, 0.25) is 0 Å². The van der Waals surface area contributed by atoms with Gasteiger partial charge in [-0.15, -0.1) is 0 Å². The second-order valence-corrected chi connectivity index (χ2v) is 11.6. The SMILES string of the molecule is CC(C)(C)OC(=O)N1CCC(c2ccc(OCC3CCCN(C(=O)OC(C)(C)C)C3)cc2)CC1. The first-order valence-electron chi connectivity index (χ1n) is 12.6. The van der Waals surface area contributed by atoms with E-state index >= 15 is 0 Å². The van der Waals surface area contributed by atoms with Gasteiger partial charge in [-0.2, -0.15) is 0 Å². The van der Waals surface area contributed by atoms with Crippen molar-refractivity contribution >= 4 is 12.2 Å². The summed E-state index contributed by atoms with van der Waals surface area (Å²) in [6.07, 6.45) is 3.42.